The summed E-state index contributed by atoms with van der Waals surface area (Å²) in [7, 11) is 0. The first-order chi connectivity index (χ1) is 8.58. The third-order valence-corrected chi connectivity index (χ3v) is 3.38. The van der Waals surface area contributed by atoms with Crippen molar-refractivity contribution < 1.29 is 4.39 Å². The Kier molecular flexibility index (Phi) is 3.97. The van der Waals surface area contributed by atoms with E-state index in [4.69, 9.17) is 0 Å². The molecule has 94 valence electrons. The summed E-state index contributed by atoms with van der Waals surface area (Å²) in [5, 5.41) is 3.29. The van der Waals surface area contributed by atoms with E-state index in [2.05, 4.69) is 26.2 Å². The Bertz CT molecular complexity index is 546. The minimum absolute atomic E-state index is 0.121. The third kappa shape index (κ3) is 2.88. The van der Waals surface area contributed by atoms with Gasteiger partial charge in [-0.2, -0.15) is 0 Å². The van der Waals surface area contributed by atoms with Gasteiger partial charge in [0.25, 0.3) is 0 Å². The van der Waals surface area contributed by atoms with Crippen molar-refractivity contribution in [1.29, 1.82) is 0 Å². The average molecular weight is 309 g/mol. The molecule has 1 heterocycles. The number of benzene rings is 1. The molecule has 4 heteroatoms. The molecule has 0 bridgehead atoms. The number of hydrogen-bond donors (Lipinski definition) is 1. The second-order valence-corrected chi connectivity index (χ2v) is 5.11. The molecule has 2 nitrogen and oxygen atoms in total. The third-order valence-electron chi connectivity index (χ3n) is 2.75. The van der Waals surface area contributed by atoms with Crippen LogP contribution in [-0.2, 0) is 6.54 Å². The highest BCUT2D eigenvalue weighted by molar-refractivity contribution is 9.10. The smallest absolute Gasteiger partial charge is 0.129 e. The first kappa shape index (κ1) is 13.0. The topological polar surface area (TPSA) is 24.9 Å². The van der Waals surface area contributed by atoms with E-state index in [9.17, 15) is 4.39 Å². The highest BCUT2D eigenvalue weighted by Crippen LogP contribution is 2.21. The lowest BCUT2D eigenvalue weighted by molar-refractivity contribution is 0.608. The van der Waals surface area contributed by atoms with Crippen molar-refractivity contribution in [2.75, 3.05) is 5.32 Å². The molecule has 2 rings (SSSR count). The van der Waals surface area contributed by atoms with E-state index in [1.54, 1.807) is 26.2 Å². The number of nitrogens with zero attached hydrogens (tertiary/aromatic N) is 1. The molecule has 0 atom stereocenters. The number of aromatic nitrogens is 1. The molecule has 0 saturated carbocycles. The van der Waals surface area contributed by atoms with Gasteiger partial charge in [-0.25, -0.2) is 4.39 Å². The standard InChI is InChI=1S/C14H14BrFN2/c1-9-5-11(6-10(2)14(9)16)7-18-13-3-4-17-8-12(13)15/h3-6,8H,7H2,1-2H3,(H,17,18). The maximum Gasteiger partial charge on any atom is 0.129 e. The molecule has 0 aliphatic carbocycles. The number of pyridine rings is 1. The van der Waals surface area contributed by atoms with Gasteiger partial charge in [-0.15, -0.1) is 0 Å². The van der Waals surface area contributed by atoms with Crippen LogP contribution in [0, 0.1) is 19.7 Å². The lowest BCUT2D eigenvalue weighted by Gasteiger charge is -2.10. The second-order valence-electron chi connectivity index (χ2n) is 4.25. The van der Waals surface area contributed by atoms with Gasteiger partial charge >= 0.3 is 0 Å². The SMILES string of the molecule is Cc1cc(CNc2ccncc2Br)cc(C)c1F. The summed E-state index contributed by atoms with van der Waals surface area (Å²) in [5.41, 5.74) is 3.40. The monoisotopic (exact) mass is 308 g/mol. The molecule has 0 radical (unpaired) electrons. The summed E-state index contributed by atoms with van der Waals surface area (Å²) in [6.07, 6.45) is 3.47. The van der Waals surface area contributed by atoms with Crippen molar-refractivity contribution >= 4 is 21.6 Å². The molecule has 1 aromatic heterocycles. The fourth-order valence-electron chi connectivity index (χ4n) is 1.85. The van der Waals surface area contributed by atoms with Gasteiger partial charge in [-0.1, -0.05) is 12.1 Å². The minimum Gasteiger partial charge on any atom is -0.380 e. The summed E-state index contributed by atoms with van der Waals surface area (Å²) < 4.78 is 14.4. The molecular formula is C14H14BrFN2. The van der Waals surface area contributed by atoms with Crippen molar-refractivity contribution in [2.45, 2.75) is 20.4 Å². The molecule has 0 fully saturated rings. The number of aryl methyl sites for hydroxylation is 2. The fourth-order valence-corrected chi connectivity index (χ4v) is 2.24. The van der Waals surface area contributed by atoms with E-state index in [0.717, 1.165) is 15.7 Å². The van der Waals surface area contributed by atoms with Crippen LogP contribution < -0.4 is 5.32 Å². The second kappa shape index (κ2) is 5.48. The van der Waals surface area contributed by atoms with Crippen molar-refractivity contribution in [2.24, 2.45) is 0 Å². The maximum absolute atomic E-state index is 13.5. The summed E-state index contributed by atoms with van der Waals surface area (Å²) in [6.45, 7) is 4.23. The lowest BCUT2D eigenvalue weighted by Crippen LogP contribution is -2.02. The predicted molar refractivity (Wildman–Crippen MR) is 75.1 cm³/mol. The van der Waals surface area contributed by atoms with Crippen LogP contribution in [0.1, 0.15) is 16.7 Å². The van der Waals surface area contributed by atoms with Gasteiger partial charge in [0.2, 0.25) is 0 Å². The number of hydrogen-bond acceptors (Lipinski definition) is 2. The van der Waals surface area contributed by atoms with Crippen molar-refractivity contribution in [3.8, 4) is 0 Å². The normalized spacial score (nSPS) is 10.4. The summed E-state index contributed by atoms with van der Waals surface area (Å²) in [5.74, 6) is -0.121. The quantitative estimate of drug-likeness (QED) is 0.918. The number of nitrogens with one attached hydrogen (secondary N) is 1. The molecule has 0 spiro atoms. The number of anilines is 1. The minimum atomic E-state index is -0.121. The van der Waals surface area contributed by atoms with Crippen LogP contribution in [0.25, 0.3) is 0 Å². The van der Waals surface area contributed by atoms with Crippen molar-refractivity contribution in [1.82, 2.24) is 4.98 Å². The Labute approximate surface area is 114 Å². The van der Waals surface area contributed by atoms with Gasteiger partial charge in [0.05, 0.1) is 10.2 Å². The van der Waals surface area contributed by atoms with Crippen LogP contribution >= 0.6 is 15.9 Å². The molecule has 2 aromatic rings. The predicted octanol–water partition coefficient (Wildman–Crippen LogP) is 4.21. The Hall–Kier alpha value is -1.42. The highest BCUT2D eigenvalue weighted by atomic mass is 79.9. The Morgan fingerprint density at radius 2 is 1.94 bits per heavy atom. The van der Waals surface area contributed by atoms with Crippen LogP contribution in [0.3, 0.4) is 0 Å². The van der Waals surface area contributed by atoms with Gasteiger partial charge in [0, 0.05) is 18.9 Å². The molecule has 0 aliphatic heterocycles. The van der Waals surface area contributed by atoms with Crippen molar-refractivity contribution in [3.63, 3.8) is 0 Å². The molecule has 0 unspecified atom stereocenters. The van der Waals surface area contributed by atoms with E-state index < -0.39 is 0 Å². The van der Waals surface area contributed by atoms with Crippen LogP contribution in [0.4, 0.5) is 10.1 Å². The number of halogens is 2. The van der Waals surface area contributed by atoms with Crippen molar-refractivity contribution in [3.05, 3.63) is 57.6 Å². The lowest BCUT2D eigenvalue weighted by atomic mass is 10.1. The maximum atomic E-state index is 13.5. The molecule has 1 N–H and O–H groups in total. The van der Waals surface area contributed by atoms with Crippen LogP contribution in [0.2, 0.25) is 0 Å². The Morgan fingerprint density at radius 1 is 1.28 bits per heavy atom. The molecule has 0 saturated heterocycles. The fraction of sp³-hybridized carbons (Fsp3) is 0.214. The zero-order valence-electron chi connectivity index (χ0n) is 10.3. The van der Waals surface area contributed by atoms with Gasteiger partial charge < -0.3 is 5.32 Å². The highest BCUT2D eigenvalue weighted by Gasteiger charge is 2.05. The first-order valence-corrected chi connectivity index (χ1v) is 6.46. The number of rotatable bonds is 3. The van der Waals surface area contributed by atoms with Gasteiger partial charge in [0.1, 0.15) is 5.82 Å². The van der Waals surface area contributed by atoms with E-state index in [-0.39, 0.29) is 5.82 Å². The summed E-state index contributed by atoms with van der Waals surface area (Å²) >= 11 is 3.43. The van der Waals surface area contributed by atoms with E-state index in [0.29, 0.717) is 17.7 Å². The Balaban J connectivity index is 2.14. The average Bonchev–Trinajstić information content (AvgIpc) is 2.35. The summed E-state index contributed by atoms with van der Waals surface area (Å²) in [6, 6.07) is 5.63. The van der Waals surface area contributed by atoms with Crippen LogP contribution in [0.15, 0.2) is 35.1 Å². The Morgan fingerprint density at radius 3 is 2.56 bits per heavy atom. The van der Waals surface area contributed by atoms with E-state index in [1.807, 2.05) is 18.2 Å². The molecule has 0 aliphatic rings. The van der Waals surface area contributed by atoms with E-state index in [1.165, 1.54) is 0 Å². The van der Waals surface area contributed by atoms with Gasteiger partial charge in [-0.3, -0.25) is 4.98 Å². The molecule has 1 aromatic carbocycles. The molecule has 18 heavy (non-hydrogen) atoms. The zero-order chi connectivity index (χ0) is 13.1. The largest absolute Gasteiger partial charge is 0.380 e. The molecular weight excluding hydrogens is 295 g/mol. The van der Waals surface area contributed by atoms with Gasteiger partial charge in [0.15, 0.2) is 0 Å². The molecule has 0 amide bonds. The van der Waals surface area contributed by atoms with E-state index >= 15 is 0 Å². The summed E-state index contributed by atoms with van der Waals surface area (Å²) in [4.78, 5) is 4.00. The zero-order valence-corrected chi connectivity index (χ0v) is 11.9. The van der Waals surface area contributed by atoms with Gasteiger partial charge in [-0.05, 0) is 52.5 Å². The first-order valence-electron chi connectivity index (χ1n) is 5.67. The van der Waals surface area contributed by atoms with Crippen LogP contribution in [-0.4, -0.2) is 4.98 Å². The van der Waals surface area contributed by atoms with Crippen LogP contribution in [0.5, 0.6) is 0 Å².